The summed E-state index contributed by atoms with van der Waals surface area (Å²) in [4.78, 5) is 130. The molecule has 2 heterocycles. The van der Waals surface area contributed by atoms with Gasteiger partial charge >= 0.3 is 0 Å². The molecule has 1 aliphatic heterocycles. The highest BCUT2D eigenvalue weighted by atomic mass is 16.3. The number of aromatic hydroxyl groups is 1. The van der Waals surface area contributed by atoms with E-state index in [9.17, 15) is 53.4 Å². The van der Waals surface area contributed by atoms with Crippen LogP contribution >= 0.6 is 0 Å². The molecule has 22 nitrogen and oxygen atoms in total. The van der Waals surface area contributed by atoms with Gasteiger partial charge in [0.25, 0.3) is 5.91 Å². The molecular formula is C61H85N11O11. The Bertz CT molecular complexity index is 2800. The maximum absolute atomic E-state index is 14.8. The monoisotopic (exact) mass is 1150 g/mol. The van der Waals surface area contributed by atoms with Crippen molar-refractivity contribution in [2.75, 3.05) is 32.8 Å². The second-order valence-corrected chi connectivity index (χ2v) is 21.8. The van der Waals surface area contributed by atoms with Gasteiger partial charge in [0.1, 0.15) is 53.7 Å². The van der Waals surface area contributed by atoms with Crippen molar-refractivity contribution in [3.8, 4) is 5.75 Å². The Morgan fingerprint density at radius 3 is 1.83 bits per heavy atom. The van der Waals surface area contributed by atoms with Crippen LogP contribution in [0.3, 0.4) is 0 Å². The Morgan fingerprint density at radius 1 is 0.614 bits per heavy atom. The van der Waals surface area contributed by atoms with Gasteiger partial charge in [-0.15, -0.1) is 0 Å². The Morgan fingerprint density at radius 2 is 1.18 bits per heavy atom. The van der Waals surface area contributed by atoms with E-state index in [1.165, 1.54) is 42.3 Å². The van der Waals surface area contributed by atoms with E-state index in [0.29, 0.717) is 62.9 Å². The highest BCUT2D eigenvalue weighted by Crippen LogP contribution is 2.22. The highest BCUT2D eigenvalue weighted by Gasteiger charge is 2.39. The number of hydrogen-bond acceptors (Lipinski definition) is 13. The van der Waals surface area contributed by atoms with E-state index in [1.807, 2.05) is 70.2 Å². The Kier molecular flexibility index (Phi) is 26.8. The van der Waals surface area contributed by atoms with Crippen molar-refractivity contribution >= 4 is 63.9 Å². The van der Waals surface area contributed by atoms with E-state index in [4.69, 9.17) is 0 Å². The van der Waals surface area contributed by atoms with Crippen LogP contribution in [0.15, 0.2) is 91.1 Å². The maximum atomic E-state index is 14.8. The Hall–Kier alpha value is -7.98. The molecule has 1 aromatic heterocycles. The van der Waals surface area contributed by atoms with Crippen molar-refractivity contribution in [3.05, 3.63) is 108 Å². The lowest BCUT2D eigenvalue weighted by atomic mass is 10.00. The second-order valence-electron chi connectivity index (χ2n) is 21.8. The molecule has 11 N–H and O–H groups in total. The third kappa shape index (κ3) is 21.7. The number of carbonyl (C=O) groups excluding carboxylic acids is 9. The van der Waals surface area contributed by atoms with Crippen LogP contribution in [0.25, 0.3) is 10.8 Å². The molecular weight excluding hydrogens is 1060 g/mol. The molecule has 0 unspecified atom stereocenters. The van der Waals surface area contributed by atoms with Crippen molar-refractivity contribution in [2.45, 2.75) is 161 Å². The number of benzene rings is 3. The zero-order valence-electron chi connectivity index (χ0n) is 48.6. The minimum absolute atomic E-state index is 0.0221. The van der Waals surface area contributed by atoms with Crippen LogP contribution in [0.4, 0.5) is 0 Å². The third-order valence-corrected chi connectivity index (χ3v) is 14.1. The lowest BCUT2D eigenvalue weighted by molar-refractivity contribution is -0.142. The fourth-order valence-corrected chi connectivity index (χ4v) is 9.84. The van der Waals surface area contributed by atoms with Gasteiger partial charge in [0.2, 0.25) is 47.3 Å². The van der Waals surface area contributed by atoms with Crippen LogP contribution in [0.2, 0.25) is 0 Å². The summed E-state index contributed by atoms with van der Waals surface area (Å²) in [5.41, 5.74) is 1.39. The maximum Gasteiger partial charge on any atom is 0.269 e. The summed E-state index contributed by atoms with van der Waals surface area (Å²) in [6.45, 7) is 11.5. The number of likely N-dealkylation sites (tertiary alicyclic amines) is 1. The number of phenolic OH excluding ortho intramolecular Hbond substituents is 1. The molecule has 22 heteroatoms. The van der Waals surface area contributed by atoms with Crippen LogP contribution in [-0.2, 0) is 51.2 Å². The molecule has 0 aliphatic carbocycles. The first-order valence-electron chi connectivity index (χ1n) is 28.9. The number of fused-ring (bicyclic) bond motifs is 1. The molecule has 3 aromatic carbocycles. The van der Waals surface area contributed by atoms with Gasteiger partial charge in [-0.1, -0.05) is 88.4 Å². The van der Waals surface area contributed by atoms with Gasteiger partial charge < -0.3 is 63.0 Å². The molecule has 1 saturated heterocycles. The summed E-state index contributed by atoms with van der Waals surface area (Å²) in [6, 6.07) is 15.6. The highest BCUT2D eigenvalue weighted by molar-refractivity contribution is 5.98. The lowest BCUT2D eigenvalue weighted by Crippen LogP contribution is -2.61. The molecule has 83 heavy (non-hydrogen) atoms. The van der Waals surface area contributed by atoms with E-state index < -0.39 is 96.2 Å². The van der Waals surface area contributed by atoms with Gasteiger partial charge in [-0.3, -0.25) is 48.1 Å². The number of hydrogen-bond donors (Lipinski definition) is 11. The van der Waals surface area contributed by atoms with E-state index in [-0.39, 0.29) is 74.4 Å². The fraction of sp³-hybridized carbons (Fsp3) is 0.508. The van der Waals surface area contributed by atoms with E-state index in [2.05, 4.69) is 52.8 Å². The fourth-order valence-electron chi connectivity index (χ4n) is 9.84. The summed E-state index contributed by atoms with van der Waals surface area (Å²) in [7, 11) is 0. The quantitative estimate of drug-likeness (QED) is 0.0306. The summed E-state index contributed by atoms with van der Waals surface area (Å²) in [6.07, 6.45) is 4.63. The van der Waals surface area contributed by atoms with Crippen molar-refractivity contribution < 1.29 is 53.4 Å². The van der Waals surface area contributed by atoms with Gasteiger partial charge in [0, 0.05) is 51.6 Å². The average Bonchev–Trinajstić information content (AvgIpc) is 4.20. The Labute approximate surface area is 486 Å². The minimum Gasteiger partial charge on any atom is -0.508 e. The largest absolute Gasteiger partial charge is 0.508 e. The summed E-state index contributed by atoms with van der Waals surface area (Å²) >= 11 is 0. The van der Waals surface area contributed by atoms with Crippen LogP contribution in [0, 0.1) is 5.92 Å². The third-order valence-electron chi connectivity index (χ3n) is 14.1. The van der Waals surface area contributed by atoms with E-state index in [0.717, 1.165) is 10.8 Å². The number of likely N-dealkylation sites (N-methyl/N-ethyl adjacent to an activating group) is 1. The number of pyridine rings is 1. The molecule has 0 bridgehead atoms. The van der Waals surface area contributed by atoms with Gasteiger partial charge in [-0.25, -0.2) is 0 Å². The summed E-state index contributed by atoms with van der Waals surface area (Å²) < 4.78 is 0. The molecule has 0 spiro atoms. The smallest absolute Gasteiger partial charge is 0.269 e. The number of nitrogens with one attached hydrogen (secondary N) is 9. The van der Waals surface area contributed by atoms with Crippen molar-refractivity contribution in [1.29, 1.82) is 0 Å². The average molecular weight is 1150 g/mol. The molecule has 5 rings (SSSR count). The first-order chi connectivity index (χ1) is 39.8. The predicted octanol–water partition coefficient (Wildman–Crippen LogP) is 2.59. The standard InChI is InChI=1S/C61H85N11O11/c1-7-62-60(82)53-22-16-32-72(53)61(83)48(21-12-13-29-63-39(4)5)68-56(78)49(33-38(2)3)69-55(77)47(20-11-15-31-65-54(76)46-19-10-14-30-64-46)67-58(80)51(35-41-24-27-45(75)28-25-41)70-59(81)52(37-73)71-57(79)50(66-40(6)74)36-42-23-26-43-17-8-9-18-44(43)34-42/h8-10,14,17-19,23-28,30,34,38-39,47-53,63,73,75H,7,11-13,15-16,20-22,29,31-33,35-37H2,1-6H3,(H,62,82)(H,65,76)(H,66,74)(H,67,80)(H,68,78)(H,69,77)(H,70,81)(H,71,79)/t47-,48+,49+,50-,51+,52+,53+/m1/s1. The normalized spacial score (nSPS) is 15.2. The number of aliphatic hydroxyl groups excluding tert-OH is 1. The molecule has 1 aliphatic rings. The molecule has 0 radical (unpaired) electrons. The number of aromatic nitrogens is 1. The van der Waals surface area contributed by atoms with Gasteiger partial charge in [0.05, 0.1) is 6.61 Å². The number of nitrogens with zero attached hydrogens (tertiary/aromatic N) is 2. The van der Waals surface area contributed by atoms with E-state index in [1.54, 1.807) is 25.1 Å². The van der Waals surface area contributed by atoms with Crippen LogP contribution in [-0.4, -0.2) is 154 Å². The first-order valence-corrected chi connectivity index (χ1v) is 28.9. The van der Waals surface area contributed by atoms with Gasteiger partial charge in [-0.2, -0.15) is 0 Å². The van der Waals surface area contributed by atoms with E-state index >= 15 is 0 Å². The number of aliphatic hydroxyl groups is 1. The summed E-state index contributed by atoms with van der Waals surface area (Å²) in [5.74, 6) is -5.87. The molecule has 4 aromatic rings. The molecule has 0 saturated carbocycles. The molecule has 450 valence electrons. The zero-order chi connectivity index (χ0) is 60.4. The number of rotatable bonds is 33. The molecule has 9 amide bonds. The number of unbranched alkanes of at least 4 members (excludes halogenated alkanes) is 2. The van der Waals surface area contributed by atoms with Crippen molar-refractivity contribution in [2.24, 2.45) is 5.92 Å². The Balaban J connectivity index is 1.39. The zero-order valence-corrected chi connectivity index (χ0v) is 48.6. The first kappa shape index (κ1) is 65.8. The molecule has 7 atom stereocenters. The summed E-state index contributed by atoms with van der Waals surface area (Å²) in [5, 5.41) is 47.8. The topological polar surface area (TPSA) is 318 Å². The van der Waals surface area contributed by atoms with Gasteiger partial charge in [-0.05, 0) is 123 Å². The van der Waals surface area contributed by atoms with Gasteiger partial charge in [0.15, 0.2) is 0 Å². The number of amides is 9. The number of carbonyl (C=O) groups is 9. The van der Waals surface area contributed by atoms with Crippen LogP contribution in [0.1, 0.15) is 121 Å². The predicted molar refractivity (Wildman–Crippen MR) is 314 cm³/mol. The van der Waals surface area contributed by atoms with Crippen LogP contribution in [0.5, 0.6) is 5.75 Å². The van der Waals surface area contributed by atoms with Crippen molar-refractivity contribution in [1.82, 2.24) is 57.7 Å². The lowest BCUT2D eigenvalue weighted by Gasteiger charge is -2.31. The molecule has 1 fully saturated rings. The van der Waals surface area contributed by atoms with Crippen LogP contribution < -0.4 is 47.9 Å². The minimum atomic E-state index is -1.63. The van der Waals surface area contributed by atoms with Crippen molar-refractivity contribution in [3.63, 3.8) is 0 Å². The second kappa shape index (κ2) is 33.8. The SMILES string of the molecule is CCNC(=O)[C@@H]1CCCN1C(=O)[C@H](CCCCNC(C)C)NC(=O)[C@H](CC(C)C)NC(=O)[C@@H](CCCCNC(=O)c1ccccn1)NC(=O)[C@H](Cc1ccc(O)cc1)NC(=O)[C@H](CO)NC(=O)[C@@H](Cc1ccc2ccccc2c1)NC(C)=O. The number of phenols is 1.